The number of carbonyl (C=O) groups is 3. The summed E-state index contributed by atoms with van der Waals surface area (Å²) in [5, 5.41) is 22.1. The minimum absolute atomic E-state index is 0.0224. The number of nitrogens with two attached hydrogens (primary N) is 1. The van der Waals surface area contributed by atoms with Gasteiger partial charge in [-0.25, -0.2) is 0 Å². The molecular weight excluding hydrogens is 410 g/mol. The summed E-state index contributed by atoms with van der Waals surface area (Å²) >= 11 is 0. The Bertz CT molecular complexity index is 978. The molecule has 32 heavy (non-hydrogen) atoms. The summed E-state index contributed by atoms with van der Waals surface area (Å²) in [5.41, 5.74) is 7.80. The van der Waals surface area contributed by atoms with E-state index in [9.17, 15) is 14.4 Å². The second kappa shape index (κ2) is 10.5. The van der Waals surface area contributed by atoms with Crippen LogP contribution in [0, 0.1) is 5.41 Å². The van der Waals surface area contributed by atoms with Crippen LogP contribution in [0.2, 0.25) is 0 Å². The molecule has 0 aliphatic carbocycles. The zero-order valence-corrected chi connectivity index (χ0v) is 17.6. The molecule has 2 atom stereocenters. The van der Waals surface area contributed by atoms with E-state index in [1.807, 2.05) is 30.3 Å². The van der Waals surface area contributed by atoms with E-state index in [0.29, 0.717) is 31.5 Å². The molecule has 168 valence electrons. The summed E-state index contributed by atoms with van der Waals surface area (Å²) in [6, 6.07) is 15.0. The fourth-order valence-corrected chi connectivity index (χ4v) is 3.54. The van der Waals surface area contributed by atoms with Gasteiger partial charge in [0.2, 0.25) is 11.8 Å². The molecule has 9 nitrogen and oxygen atoms in total. The average Bonchev–Trinajstić information content (AvgIpc) is 2.75. The van der Waals surface area contributed by atoms with Crippen LogP contribution in [0.25, 0.3) is 0 Å². The van der Waals surface area contributed by atoms with Crippen LogP contribution in [-0.2, 0) is 27.3 Å². The largest absolute Gasteiger partial charge is 0.480 e. The molecule has 1 saturated heterocycles. The Labute approximate surface area is 186 Å². The summed E-state index contributed by atoms with van der Waals surface area (Å²) < 4.78 is 0. The van der Waals surface area contributed by atoms with Gasteiger partial charge in [-0.3, -0.25) is 25.1 Å². The summed E-state index contributed by atoms with van der Waals surface area (Å²) in [5.74, 6) is -1.61. The number of nitrogens with zero attached hydrogens (tertiary/aromatic N) is 1. The van der Waals surface area contributed by atoms with Crippen LogP contribution in [0.3, 0.4) is 0 Å². The molecule has 1 aliphatic heterocycles. The van der Waals surface area contributed by atoms with E-state index in [1.54, 1.807) is 24.3 Å². The van der Waals surface area contributed by atoms with Gasteiger partial charge in [0.25, 0.3) is 0 Å². The van der Waals surface area contributed by atoms with Gasteiger partial charge in [0.15, 0.2) is 0 Å². The first-order valence-electron chi connectivity index (χ1n) is 10.4. The molecule has 0 spiro atoms. The predicted octanol–water partition coefficient (Wildman–Crippen LogP) is 0.473. The first-order valence-corrected chi connectivity index (χ1v) is 10.4. The Morgan fingerprint density at radius 3 is 2.34 bits per heavy atom. The second-order valence-corrected chi connectivity index (χ2v) is 7.68. The van der Waals surface area contributed by atoms with Gasteiger partial charge in [-0.15, -0.1) is 0 Å². The molecule has 2 aromatic carbocycles. The van der Waals surface area contributed by atoms with Crippen LogP contribution < -0.4 is 16.4 Å². The van der Waals surface area contributed by atoms with Gasteiger partial charge >= 0.3 is 5.97 Å². The number of amides is 2. The maximum Gasteiger partial charge on any atom is 0.317 e. The molecule has 6 N–H and O–H groups in total. The van der Waals surface area contributed by atoms with Crippen molar-refractivity contribution in [3.63, 3.8) is 0 Å². The van der Waals surface area contributed by atoms with Gasteiger partial charge in [0.05, 0.1) is 12.6 Å². The lowest BCUT2D eigenvalue weighted by molar-refractivity contribution is -0.149. The molecule has 0 unspecified atom stereocenters. The third-order valence-corrected chi connectivity index (χ3v) is 5.42. The predicted molar refractivity (Wildman–Crippen MR) is 119 cm³/mol. The lowest BCUT2D eigenvalue weighted by Gasteiger charge is -2.41. The number of nitrogens with one attached hydrogen (secondary N) is 3. The molecule has 0 radical (unpaired) electrons. The van der Waals surface area contributed by atoms with Crippen LogP contribution in [0.1, 0.15) is 23.1 Å². The SMILES string of the molecule is N=C(N)c1ccc(CNC(=O)[C@@H]2CCN2C(=O)[C@@H](Cc2ccccc2)NCC(=O)O)cc1. The lowest BCUT2D eigenvalue weighted by Crippen LogP contribution is -2.62. The van der Waals surface area contributed by atoms with Crippen molar-refractivity contribution < 1.29 is 19.5 Å². The monoisotopic (exact) mass is 437 g/mol. The van der Waals surface area contributed by atoms with E-state index in [4.69, 9.17) is 16.2 Å². The van der Waals surface area contributed by atoms with E-state index in [0.717, 1.165) is 11.1 Å². The molecule has 2 aromatic rings. The molecule has 0 saturated carbocycles. The number of likely N-dealkylation sites (tertiary alicyclic amines) is 1. The van der Waals surface area contributed by atoms with E-state index in [2.05, 4.69) is 10.6 Å². The maximum atomic E-state index is 13.1. The average molecular weight is 438 g/mol. The van der Waals surface area contributed by atoms with Crippen molar-refractivity contribution in [1.82, 2.24) is 15.5 Å². The van der Waals surface area contributed by atoms with Crippen molar-refractivity contribution in [3.8, 4) is 0 Å². The van der Waals surface area contributed by atoms with Crippen LogP contribution in [-0.4, -0.2) is 58.8 Å². The fraction of sp³-hybridized carbons (Fsp3) is 0.304. The Hall–Kier alpha value is -3.72. The van der Waals surface area contributed by atoms with Gasteiger partial charge in [-0.05, 0) is 24.0 Å². The topological polar surface area (TPSA) is 149 Å². The normalized spacial score (nSPS) is 16.0. The number of aliphatic carboxylic acids is 1. The summed E-state index contributed by atoms with van der Waals surface area (Å²) in [6.07, 6.45) is 0.887. The zero-order chi connectivity index (χ0) is 23.1. The number of amidine groups is 1. The van der Waals surface area contributed by atoms with Crippen molar-refractivity contribution >= 4 is 23.6 Å². The molecule has 0 bridgehead atoms. The molecule has 1 heterocycles. The highest BCUT2D eigenvalue weighted by atomic mass is 16.4. The van der Waals surface area contributed by atoms with Crippen molar-refractivity contribution in [2.24, 2.45) is 5.73 Å². The molecule has 0 aromatic heterocycles. The number of hydrogen-bond donors (Lipinski definition) is 5. The fourth-order valence-electron chi connectivity index (χ4n) is 3.54. The van der Waals surface area contributed by atoms with E-state index in [-0.39, 0.29) is 24.2 Å². The number of carboxylic acid groups (broad SMARTS) is 1. The second-order valence-electron chi connectivity index (χ2n) is 7.68. The highest BCUT2D eigenvalue weighted by Crippen LogP contribution is 2.20. The first kappa shape index (κ1) is 23.0. The Morgan fingerprint density at radius 2 is 1.78 bits per heavy atom. The number of hydrogen-bond acceptors (Lipinski definition) is 5. The van der Waals surface area contributed by atoms with Gasteiger partial charge in [-0.2, -0.15) is 0 Å². The first-order chi connectivity index (χ1) is 15.3. The highest BCUT2D eigenvalue weighted by molar-refractivity contribution is 5.95. The van der Waals surface area contributed by atoms with Gasteiger partial charge in [-0.1, -0.05) is 54.6 Å². The van der Waals surface area contributed by atoms with Crippen LogP contribution in [0.5, 0.6) is 0 Å². The minimum atomic E-state index is -1.05. The maximum absolute atomic E-state index is 13.1. The molecule has 2 amide bonds. The number of nitrogen functional groups attached to an aromatic ring is 1. The van der Waals surface area contributed by atoms with Crippen LogP contribution in [0.15, 0.2) is 54.6 Å². The number of carbonyl (C=O) groups excluding carboxylic acids is 2. The van der Waals surface area contributed by atoms with E-state index >= 15 is 0 Å². The minimum Gasteiger partial charge on any atom is -0.480 e. The van der Waals surface area contributed by atoms with Crippen LogP contribution in [0.4, 0.5) is 0 Å². The Kier molecular flexibility index (Phi) is 7.56. The number of carboxylic acids is 1. The number of benzene rings is 2. The quantitative estimate of drug-likeness (QED) is 0.270. The Balaban J connectivity index is 1.59. The summed E-state index contributed by atoms with van der Waals surface area (Å²) in [4.78, 5) is 38.3. The molecule has 9 heteroatoms. The van der Waals surface area contributed by atoms with Gasteiger partial charge < -0.3 is 21.1 Å². The lowest BCUT2D eigenvalue weighted by atomic mass is 9.97. The smallest absolute Gasteiger partial charge is 0.317 e. The van der Waals surface area contributed by atoms with Crippen molar-refractivity contribution in [1.29, 1.82) is 5.41 Å². The van der Waals surface area contributed by atoms with Crippen molar-refractivity contribution in [2.75, 3.05) is 13.1 Å². The van der Waals surface area contributed by atoms with Crippen LogP contribution >= 0.6 is 0 Å². The van der Waals surface area contributed by atoms with Crippen molar-refractivity contribution in [3.05, 3.63) is 71.3 Å². The molecule has 1 fully saturated rings. The summed E-state index contributed by atoms with van der Waals surface area (Å²) in [7, 11) is 0. The van der Waals surface area contributed by atoms with E-state index in [1.165, 1.54) is 4.90 Å². The number of rotatable bonds is 10. The molecular formula is C23H27N5O4. The third kappa shape index (κ3) is 5.92. The molecule has 3 rings (SSSR count). The molecule has 1 aliphatic rings. The van der Waals surface area contributed by atoms with Crippen molar-refractivity contribution in [2.45, 2.75) is 31.5 Å². The summed E-state index contributed by atoms with van der Waals surface area (Å²) in [6.45, 7) is 0.398. The highest BCUT2D eigenvalue weighted by Gasteiger charge is 2.40. The third-order valence-electron chi connectivity index (χ3n) is 5.42. The Morgan fingerprint density at radius 1 is 1.09 bits per heavy atom. The van der Waals surface area contributed by atoms with Gasteiger partial charge in [0, 0.05) is 18.7 Å². The van der Waals surface area contributed by atoms with Gasteiger partial charge in [0.1, 0.15) is 11.9 Å². The standard InChI is InChI=1S/C23H27N5O4/c24-21(25)17-8-6-16(7-9-17)13-27-22(31)19-10-11-28(19)23(32)18(26-14-20(29)30)12-15-4-2-1-3-5-15/h1-9,18-19,26H,10-14H2,(H3,24,25)(H,27,31)(H,29,30)/t18-,19+/m1/s1. The van der Waals surface area contributed by atoms with E-state index < -0.39 is 18.1 Å². The zero-order valence-electron chi connectivity index (χ0n) is 17.6.